The van der Waals surface area contributed by atoms with E-state index in [1.54, 1.807) is 0 Å². The van der Waals surface area contributed by atoms with Crippen molar-refractivity contribution in [2.75, 3.05) is 25.2 Å². The van der Waals surface area contributed by atoms with Crippen LogP contribution in [0.4, 0.5) is 5.69 Å². The zero-order chi connectivity index (χ0) is 22.8. The summed E-state index contributed by atoms with van der Waals surface area (Å²) in [4.78, 5) is 12.5. The molecule has 8 nitrogen and oxygen atoms in total. The lowest BCUT2D eigenvalue weighted by molar-refractivity contribution is -0.113. The summed E-state index contributed by atoms with van der Waals surface area (Å²) in [6.45, 7) is 2.00. The van der Waals surface area contributed by atoms with Crippen molar-refractivity contribution in [3.63, 3.8) is 0 Å². The van der Waals surface area contributed by atoms with E-state index < -0.39 is 10.0 Å². The number of nitrogens with one attached hydrogen (secondary N) is 1. The number of hydrogen-bond acceptors (Lipinski definition) is 6. The van der Waals surface area contributed by atoms with Gasteiger partial charge < -0.3 is 9.88 Å². The van der Waals surface area contributed by atoms with E-state index >= 15 is 0 Å². The van der Waals surface area contributed by atoms with Gasteiger partial charge in [0.05, 0.1) is 21.4 Å². The van der Waals surface area contributed by atoms with Gasteiger partial charge in [-0.15, -0.1) is 10.2 Å². The predicted octanol–water partition coefficient (Wildman–Crippen LogP) is 3.43. The quantitative estimate of drug-likeness (QED) is 0.521. The Balaban J connectivity index is 1.70. The van der Waals surface area contributed by atoms with Gasteiger partial charge in [-0.1, -0.05) is 47.1 Å². The van der Waals surface area contributed by atoms with Gasteiger partial charge in [0.1, 0.15) is 0 Å². The molecule has 0 saturated carbocycles. The number of sulfonamides is 1. The summed E-state index contributed by atoms with van der Waals surface area (Å²) in [5.74, 6) is 0.420. The highest BCUT2D eigenvalue weighted by Gasteiger charge is 2.19. The largest absolute Gasteiger partial charge is 0.324 e. The van der Waals surface area contributed by atoms with Crippen molar-refractivity contribution in [2.24, 2.45) is 7.05 Å². The minimum absolute atomic E-state index is 0.0425. The first-order valence-corrected chi connectivity index (χ1v) is 12.0. The van der Waals surface area contributed by atoms with Crippen LogP contribution in [0.2, 0.25) is 5.02 Å². The molecule has 1 heterocycles. The molecule has 11 heteroatoms. The Kier molecular flexibility index (Phi) is 7.05. The third kappa shape index (κ3) is 5.27. The van der Waals surface area contributed by atoms with Gasteiger partial charge in [-0.05, 0) is 31.2 Å². The number of carbonyl (C=O) groups excluding carboxylic acids is 1. The normalized spacial score (nSPS) is 11.7. The molecular weight excluding hydrogens is 458 g/mol. The molecule has 0 aliphatic heterocycles. The predicted molar refractivity (Wildman–Crippen MR) is 123 cm³/mol. The van der Waals surface area contributed by atoms with E-state index in [0.29, 0.717) is 11.0 Å². The minimum atomic E-state index is -3.64. The summed E-state index contributed by atoms with van der Waals surface area (Å²) in [6.07, 6.45) is 0. The van der Waals surface area contributed by atoms with Crippen LogP contribution in [0.3, 0.4) is 0 Å². The van der Waals surface area contributed by atoms with Crippen LogP contribution in [0.5, 0.6) is 0 Å². The summed E-state index contributed by atoms with van der Waals surface area (Å²) in [6, 6.07) is 12.1. The highest BCUT2D eigenvalue weighted by molar-refractivity contribution is 7.99. The number of nitrogens with zero attached hydrogens (tertiary/aromatic N) is 4. The fraction of sp³-hybridized carbons (Fsp3) is 0.250. The van der Waals surface area contributed by atoms with Crippen LogP contribution >= 0.6 is 23.4 Å². The Hall–Kier alpha value is -2.40. The molecule has 31 heavy (non-hydrogen) atoms. The van der Waals surface area contributed by atoms with E-state index in [0.717, 1.165) is 15.4 Å². The number of anilines is 1. The van der Waals surface area contributed by atoms with Crippen molar-refractivity contribution in [3.8, 4) is 11.4 Å². The fourth-order valence-corrected chi connectivity index (χ4v) is 4.57. The number of aromatic nitrogens is 3. The molecule has 0 bridgehead atoms. The topological polar surface area (TPSA) is 97.2 Å². The van der Waals surface area contributed by atoms with Crippen LogP contribution in [0.15, 0.2) is 52.5 Å². The van der Waals surface area contributed by atoms with Crippen LogP contribution in [0, 0.1) is 6.92 Å². The lowest BCUT2D eigenvalue weighted by atomic mass is 10.1. The van der Waals surface area contributed by atoms with Crippen LogP contribution < -0.4 is 5.32 Å². The second-order valence-corrected chi connectivity index (χ2v) is 10.5. The Bertz CT molecular complexity index is 1230. The van der Waals surface area contributed by atoms with E-state index in [1.807, 2.05) is 42.8 Å². The summed E-state index contributed by atoms with van der Waals surface area (Å²) in [5.41, 5.74) is 2.29. The third-order valence-corrected chi connectivity index (χ3v) is 7.59. The number of benzene rings is 2. The van der Waals surface area contributed by atoms with Crippen LogP contribution in [0.25, 0.3) is 11.4 Å². The summed E-state index contributed by atoms with van der Waals surface area (Å²) >= 11 is 7.36. The van der Waals surface area contributed by atoms with Crippen molar-refractivity contribution < 1.29 is 13.2 Å². The first kappa shape index (κ1) is 23.3. The molecule has 0 saturated heterocycles. The third-order valence-electron chi connectivity index (χ3n) is 4.43. The van der Waals surface area contributed by atoms with Crippen molar-refractivity contribution in [1.82, 2.24) is 19.1 Å². The maximum atomic E-state index is 12.5. The van der Waals surface area contributed by atoms with E-state index in [1.165, 1.54) is 44.1 Å². The van der Waals surface area contributed by atoms with Crippen LogP contribution in [-0.4, -0.2) is 53.2 Å². The minimum Gasteiger partial charge on any atom is -0.324 e. The molecular formula is C20H22ClN5O3S2. The van der Waals surface area contributed by atoms with Crippen LogP contribution in [-0.2, 0) is 21.9 Å². The molecule has 0 aliphatic carbocycles. The van der Waals surface area contributed by atoms with Crippen molar-refractivity contribution in [1.29, 1.82) is 0 Å². The zero-order valence-electron chi connectivity index (χ0n) is 17.5. The molecule has 1 aromatic heterocycles. The van der Waals surface area contributed by atoms with Gasteiger partial charge in [0.2, 0.25) is 15.9 Å². The second-order valence-electron chi connectivity index (χ2n) is 7.00. The molecule has 0 radical (unpaired) electrons. The number of thioether (sulfide) groups is 1. The van der Waals surface area contributed by atoms with Gasteiger partial charge in [0.15, 0.2) is 11.0 Å². The van der Waals surface area contributed by atoms with Gasteiger partial charge in [-0.25, -0.2) is 12.7 Å². The van der Waals surface area contributed by atoms with E-state index in [9.17, 15) is 13.2 Å². The van der Waals surface area contributed by atoms with Crippen LogP contribution in [0.1, 0.15) is 5.56 Å². The molecule has 0 fully saturated rings. The van der Waals surface area contributed by atoms with E-state index in [2.05, 4.69) is 15.5 Å². The molecule has 3 aromatic rings. The first-order chi connectivity index (χ1) is 14.6. The monoisotopic (exact) mass is 479 g/mol. The number of amides is 1. The molecule has 2 aromatic carbocycles. The van der Waals surface area contributed by atoms with Gasteiger partial charge in [-0.3, -0.25) is 4.79 Å². The average molecular weight is 480 g/mol. The summed E-state index contributed by atoms with van der Waals surface area (Å²) in [5, 5.41) is 11.9. The van der Waals surface area contributed by atoms with Crippen molar-refractivity contribution in [2.45, 2.75) is 17.0 Å². The van der Waals surface area contributed by atoms with Gasteiger partial charge in [-0.2, -0.15) is 0 Å². The highest BCUT2D eigenvalue weighted by Crippen LogP contribution is 2.27. The average Bonchev–Trinajstić information content (AvgIpc) is 3.08. The number of halogens is 1. The molecule has 1 amide bonds. The van der Waals surface area contributed by atoms with E-state index in [-0.39, 0.29) is 27.3 Å². The molecule has 0 spiro atoms. The maximum Gasteiger partial charge on any atom is 0.242 e. The number of rotatable bonds is 7. The smallest absolute Gasteiger partial charge is 0.242 e. The number of carbonyl (C=O) groups is 1. The summed E-state index contributed by atoms with van der Waals surface area (Å²) in [7, 11) is 1.07. The standard InChI is InChI=1S/C20H22ClN5O3S2/c1-13-6-5-7-14(10-13)19-23-24-20(26(19)4)30-12-18(27)22-17-11-15(8-9-16(17)21)31(28,29)25(2)3/h5-11H,12H2,1-4H3,(H,22,27). The van der Waals surface area contributed by atoms with E-state index in [4.69, 9.17) is 11.6 Å². The molecule has 1 N–H and O–H groups in total. The number of aryl methyl sites for hydroxylation is 1. The fourth-order valence-electron chi connectivity index (χ4n) is 2.76. The molecule has 3 rings (SSSR count). The second kappa shape index (κ2) is 9.39. The molecule has 0 unspecified atom stereocenters. The molecule has 164 valence electrons. The Morgan fingerprint density at radius 2 is 1.94 bits per heavy atom. The Labute approximate surface area is 190 Å². The Morgan fingerprint density at radius 1 is 1.19 bits per heavy atom. The highest BCUT2D eigenvalue weighted by atomic mass is 35.5. The first-order valence-electron chi connectivity index (χ1n) is 9.20. The van der Waals surface area contributed by atoms with Gasteiger partial charge >= 0.3 is 0 Å². The van der Waals surface area contributed by atoms with Gasteiger partial charge in [0, 0.05) is 26.7 Å². The van der Waals surface area contributed by atoms with Gasteiger partial charge in [0.25, 0.3) is 0 Å². The summed E-state index contributed by atoms with van der Waals surface area (Å²) < 4.78 is 27.6. The van der Waals surface area contributed by atoms with Crippen molar-refractivity contribution in [3.05, 3.63) is 53.1 Å². The molecule has 0 atom stereocenters. The zero-order valence-corrected chi connectivity index (χ0v) is 19.8. The molecule has 0 aliphatic rings. The lowest BCUT2D eigenvalue weighted by Crippen LogP contribution is -2.22. The maximum absolute atomic E-state index is 12.5. The Morgan fingerprint density at radius 3 is 2.61 bits per heavy atom. The lowest BCUT2D eigenvalue weighted by Gasteiger charge is -2.13. The van der Waals surface area contributed by atoms with Crippen molar-refractivity contribution >= 4 is 45.0 Å². The SMILES string of the molecule is Cc1cccc(-c2nnc(SCC(=O)Nc3cc(S(=O)(=O)N(C)C)ccc3Cl)n2C)c1. The number of hydrogen-bond donors (Lipinski definition) is 1.